The maximum Gasteiger partial charge on any atom is 0.321 e. The van der Waals surface area contributed by atoms with Crippen LogP contribution in [0.4, 0.5) is 0 Å². The number of hydrogen-bond acceptors (Lipinski definition) is 5. The minimum atomic E-state index is -3.82. The Bertz CT molecular complexity index is 996. The third-order valence-corrected chi connectivity index (χ3v) is 6.22. The summed E-state index contributed by atoms with van der Waals surface area (Å²) in [4.78, 5) is 24.6. The summed E-state index contributed by atoms with van der Waals surface area (Å²) >= 11 is 0. The highest BCUT2D eigenvalue weighted by atomic mass is 32.2. The van der Waals surface area contributed by atoms with Crippen molar-refractivity contribution in [2.24, 2.45) is 0 Å². The minimum absolute atomic E-state index is 0.0631. The molecular weight excluding hydrogens is 378 g/mol. The molecule has 2 aromatic rings. The van der Waals surface area contributed by atoms with E-state index in [0.717, 1.165) is 30.4 Å². The molecule has 1 atom stereocenters. The highest BCUT2D eigenvalue weighted by molar-refractivity contribution is 7.89. The van der Waals surface area contributed by atoms with Gasteiger partial charge in [0, 0.05) is 5.56 Å². The van der Waals surface area contributed by atoms with Crippen molar-refractivity contribution >= 4 is 21.8 Å². The Morgan fingerprint density at radius 3 is 2.46 bits per heavy atom. The van der Waals surface area contributed by atoms with Crippen molar-refractivity contribution in [3.05, 3.63) is 64.7 Å². The second kappa shape index (κ2) is 8.24. The van der Waals surface area contributed by atoms with Gasteiger partial charge in [0.15, 0.2) is 6.10 Å². The first-order chi connectivity index (χ1) is 13.3. The number of ketones is 1. The Hall–Kier alpha value is -2.51. The molecule has 0 unspecified atom stereocenters. The highest BCUT2D eigenvalue weighted by Crippen LogP contribution is 2.23. The van der Waals surface area contributed by atoms with E-state index in [9.17, 15) is 18.0 Å². The van der Waals surface area contributed by atoms with Gasteiger partial charge in [-0.2, -0.15) is 4.72 Å². The lowest BCUT2D eigenvalue weighted by atomic mass is 10.0. The zero-order valence-electron chi connectivity index (χ0n) is 15.9. The van der Waals surface area contributed by atoms with E-state index < -0.39 is 28.6 Å². The van der Waals surface area contributed by atoms with Crippen LogP contribution in [0.1, 0.15) is 40.4 Å². The molecule has 0 spiro atoms. The fourth-order valence-electron chi connectivity index (χ4n) is 3.21. The monoisotopic (exact) mass is 401 g/mol. The van der Waals surface area contributed by atoms with Gasteiger partial charge in [-0.05, 0) is 62.4 Å². The number of sulfonamides is 1. The lowest BCUT2D eigenvalue weighted by Gasteiger charge is -2.14. The van der Waals surface area contributed by atoms with Crippen molar-refractivity contribution in [1.29, 1.82) is 0 Å². The Balaban J connectivity index is 1.56. The topological polar surface area (TPSA) is 89.5 Å². The summed E-state index contributed by atoms with van der Waals surface area (Å²) in [5.41, 5.74) is 3.85. The van der Waals surface area contributed by atoms with Crippen molar-refractivity contribution in [2.75, 3.05) is 6.54 Å². The minimum Gasteiger partial charge on any atom is -0.453 e. The largest absolute Gasteiger partial charge is 0.453 e. The van der Waals surface area contributed by atoms with Crippen LogP contribution < -0.4 is 4.72 Å². The third-order valence-electron chi connectivity index (χ3n) is 4.80. The molecule has 1 N–H and O–H groups in total. The quantitative estimate of drug-likeness (QED) is 0.569. The molecule has 0 amide bonds. The van der Waals surface area contributed by atoms with E-state index in [-0.39, 0.29) is 10.7 Å². The van der Waals surface area contributed by atoms with Gasteiger partial charge in [-0.1, -0.05) is 29.8 Å². The van der Waals surface area contributed by atoms with Crippen LogP contribution in [0.15, 0.2) is 47.4 Å². The molecule has 1 aliphatic rings. The van der Waals surface area contributed by atoms with Gasteiger partial charge < -0.3 is 4.74 Å². The molecule has 0 aliphatic heterocycles. The number of Topliss-reactive ketones (excluding diaryl/α,β-unsaturated/α-hetero) is 1. The number of esters is 1. The predicted molar refractivity (Wildman–Crippen MR) is 105 cm³/mol. The number of benzene rings is 2. The van der Waals surface area contributed by atoms with Gasteiger partial charge in [-0.25, -0.2) is 8.42 Å². The Kier molecular flexibility index (Phi) is 5.96. The number of nitrogens with one attached hydrogen (secondary N) is 1. The van der Waals surface area contributed by atoms with E-state index in [1.54, 1.807) is 18.2 Å². The molecule has 0 bridgehead atoms. The van der Waals surface area contributed by atoms with E-state index in [2.05, 4.69) is 4.72 Å². The van der Waals surface area contributed by atoms with Crippen molar-refractivity contribution in [3.63, 3.8) is 0 Å². The Morgan fingerprint density at radius 2 is 1.75 bits per heavy atom. The lowest BCUT2D eigenvalue weighted by Crippen LogP contribution is -2.34. The van der Waals surface area contributed by atoms with Crippen LogP contribution >= 0.6 is 0 Å². The maximum absolute atomic E-state index is 12.5. The Labute approximate surface area is 165 Å². The molecule has 6 nitrogen and oxygen atoms in total. The third kappa shape index (κ3) is 4.66. The molecule has 148 valence electrons. The molecule has 1 aliphatic carbocycles. The van der Waals surface area contributed by atoms with E-state index in [1.165, 1.54) is 24.6 Å². The number of hydrogen-bond donors (Lipinski definition) is 1. The summed E-state index contributed by atoms with van der Waals surface area (Å²) in [6.45, 7) is 2.79. The molecule has 0 saturated heterocycles. The van der Waals surface area contributed by atoms with Gasteiger partial charge in [0.05, 0.1) is 4.90 Å². The Morgan fingerprint density at radius 1 is 1.07 bits per heavy atom. The first kappa shape index (κ1) is 20.2. The highest BCUT2D eigenvalue weighted by Gasteiger charge is 2.23. The number of fused-ring (bicyclic) bond motifs is 1. The summed E-state index contributed by atoms with van der Waals surface area (Å²) in [6, 6.07) is 11.8. The van der Waals surface area contributed by atoms with Crippen molar-refractivity contribution in [2.45, 2.75) is 44.1 Å². The molecule has 0 fully saturated rings. The van der Waals surface area contributed by atoms with Crippen LogP contribution in [0.2, 0.25) is 0 Å². The van der Waals surface area contributed by atoms with Gasteiger partial charge in [0.1, 0.15) is 6.54 Å². The molecule has 28 heavy (non-hydrogen) atoms. The van der Waals surface area contributed by atoms with Crippen LogP contribution in [0.5, 0.6) is 0 Å². The maximum atomic E-state index is 12.5. The average Bonchev–Trinajstić information content (AvgIpc) is 3.14. The van der Waals surface area contributed by atoms with Gasteiger partial charge in [-0.3, -0.25) is 9.59 Å². The summed E-state index contributed by atoms with van der Waals surface area (Å²) in [5.74, 6) is -1.11. The second-order valence-electron chi connectivity index (χ2n) is 6.97. The molecular formula is C21H23NO5S. The van der Waals surface area contributed by atoms with Gasteiger partial charge in [-0.15, -0.1) is 0 Å². The van der Waals surface area contributed by atoms with Gasteiger partial charge in [0.2, 0.25) is 15.8 Å². The fraction of sp³-hybridized carbons (Fsp3) is 0.333. The smallest absolute Gasteiger partial charge is 0.321 e. The molecule has 3 rings (SSSR count). The van der Waals surface area contributed by atoms with Gasteiger partial charge >= 0.3 is 5.97 Å². The standard InChI is InChI=1S/C21H23NO5S/c1-14-6-10-19(11-7-14)28(25,26)22-13-20(23)27-15(2)21(24)18-9-8-16-4-3-5-17(16)12-18/h6-12,15,22H,3-5,13H2,1-2H3/t15-/m1/s1. The molecule has 2 aromatic carbocycles. The number of carbonyl (C=O) groups is 2. The summed E-state index contributed by atoms with van der Waals surface area (Å²) in [5, 5.41) is 0. The molecule has 0 saturated carbocycles. The van der Waals surface area contributed by atoms with E-state index in [1.807, 2.05) is 19.1 Å². The van der Waals surface area contributed by atoms with Crippen molar-refractivity contribution in [1.82, 2.24) is 4.72 Å². The summed E-state index contributed by atoms with van der Waals surface area (Å²) in [6.07, 6.45) is 2.07. The summed E-state index contributed by atoms with van der Waals surface area (Å²) < 4.78 is 31.7. The van der Waals surface area contributed by atoms with Gasteiger partial charge in [0.25, 0.3) is 0 Å². The predicted octanol–water partition coefficient (Wildman–Crippen LogP) is 2.58. The molecule has 0 radical (unpaired) electrons. The van der Waals surface area contributed by atoms with Crippen molar-refractivity contribution < 1.29 is 22.7 Å². The van der Waals surface area contributed by atoms with Crippen LogP contribution in [0.25, 0.3) is 0 Å². The molecule has 0 heterocycles. The van der Waals surface area contributed by atoms with Crippen LogP contribution in [-0.2, 0) is 32.4 Å². The SMILES string of the molecule is Cc1ccc(S(=O)(=O)NCC(=O)O[C@H](C)C(=O)c2ccc3c(c2)CCC3)cc1. The van der Waals surface area contributed by atoms with Crippen LogP contribution in [-0.4, -0.2) is 32.8 Å². The molecule has 0 aromatic heterocycles. The normalized spacial score (nSPS) is 14.4. The zero-order chi connectivity index (χ0) is 20.3. The van der Waals surface area contributed by atoms with E-state index in [4.69, 9.17) is 4.74 Å². The van der Waals surface area contributed by atoms with Crippen molar-refractivity contribution in [3.8, 4) is 0 Å². The summed E-state index contributed by atoms with van der Waals surface area (Å²) in [7, 11) is -3.82. The number of carbonyl (C=O) groups excluding carboxylic acids is 2. The zero-order valence-corrected chi connectivity index (χ0v) is 16.7. The fourth-order valence-corrected chi connectivity index (χ4v) is 4.18. The number of ether oxygens (including phenoxy) is 1. The second-order valence-corrected chi connectivity index (χ2v) is 8.74. The van der Waals surface area contributed by atoms with Crippen LogP contribution in [0, 0.1) is 6.92 Å². The lowest BCUT2D eigenvalue weighted by molar-refractivity contribution is -0.144. The number of rotatable bonds is 7. The first-order valence-corrected chi connectivity index (χ1v) is 10.7. The first-order valence-electron chi connectivity index (χ1n) is 9.18. The average molecular weight is 401 g/mol. The van der Waals surface area contributed by atoms with Crippen LogP contribution in [0.3, 0.4) is 0 Å². The van der Waals surface area contributed by atoms with E-state index in [0.29, 0.717) is 5.56 Å². The molecule has 7 heteroatoms. The van der Waals surface area contributed by atoms with E-state index >= 15 is 0 Å². The number of aryl methyl sites for hydroxylation is 3.